The van der Waals surface area contributed by atoms with Crippen molar-refractivity contribution in [2.24, 2.45) is 0 Å². The van der Waals surface area contributed by atoms with Gasteiger partial charge in [0.15, 0.2) is 0 Å². The van der Waals surface area contributed by atoms with E-state index < -0.39 is 0 Å². The van der Waals surface area contributed by atoms with Gasteiger partial charge in [-0.05, 0) is 38.1 Å². The number of rotatable bonds is 6. The Morgan fingerprint density at radius 2 is 1.93 bits per heavy atom. The van der Waals surface area contributed by atoms with Gasteiger partial charge >= 0.3 is 0 Å². The molecule has 0 radical (unpaired) electrons. The Bertz CT molecular complexity index is 963. The smallest absolute Gasteiger partial charge is 0.230 e. The number of nitrogens with zero attached hydrogens (tertiary/aromatic N) is 1. The highest BCUT2D eigenvalue weighted by Gasteiger charge is 2.16. The summed E-state index contributed by atoms with van der Waals surface area (Å²) in [5, 5.41) is 2.84. The zero-order valence-corrected chi connectivity index (χ0v) is 15.8. The molecule has 0 fully saturated rings. The fraction of sp³-hybridized carbons (Fsp3) is 0.238. The minimum absolute atomic E-state index is 0.0987. The van der Waals surface area contributed by atoms with E-state index in [4.69, 9.17) is 13.9 Å². The van der Waals surface area contributed by atoms with Gasteiger partial charge in [-0.3, -0.25) is 4.79 Å². The van der Waals surface area contributed by atoms with Crippen LogP contribution in [0.4, 0.5) is 5.69 Å². The van der Waals surface area contributed by atoms with E-state index in [0.717, 1.165) is 11.1 Å². The molecular weight excluding hydrogens is 344 g/mol. The van der Waals surface area contributed by atoms with Gasteiger partial charge < -0.3 is 19.2 Å². The van der Waals surface area contributed by atoms with Crippen molar-refractivity contribution in [2.45, 2.75) is 20.3 Å². The molecule has 27 heavy (non-hydrogen) atoms. The summed E-state index contributed by atoms with van der Waals surface area (Å²) in [5.41, 5.74) is 3.15. The van der Waals surface area contributed by atoms with E-state index in [2.05, 4.69) is 10.3 Å². The lowest BCUT2D eigenvalue weighted by Crippen LogP contribution is -2.15. The number of anilines is 1. The quantitative estimate of drug-likeness (QED) is 0.709. The second kappa shape index (κ2) is 7.95. The number of benzene rings is 2. The molecule has 0 spiro atoms. The molecular formula is C21H22N2O4. The van der Waals surface area contributed by atoms with Crippen LogP contribution in [0.15, 0.2) is 46.9 Å². The van der Waals surface area contributed by atoms with Crippen LogP contribution in [-0.4, -0.2) is 25.1 Å². The van der Waals surface area contributed by atoms with Crippen molar-refractivity contribution in [1.29, 1.82) is 0 Å². The summed E-state index contributed by atoms with van der Waals surface area (Å²) in [4.78, 5) is 17.0. The molecule has 0 aliphatic heterocycles. The van der Waals surface area contributed by atoms with Crippen molar-refractivity contribution in [3.63, 3.8) is 0 Å². The third-order valence-corrected chi connectivity index (χ3v) is 4.17. The van der Waals surface area contributed by atoms with Crippen LogP contribution in [-0.2, 0) is 11.2 Å². The number of ether oxygens (including phenoxy) is 2. The Morgan fingerprint density at radius 3 is 2.63 bits per heavy atom. The lowest BCUT2D eigenvalue weighted by molar-refractivity contribution is -0.115. The molecule has 0 aliphatic carbocycles. The number of carbonyl (C=O) groups excluding carboxylic acids is 1. The monoisotopic (exact) mass is 366 g/mol. The fourth-order valence-electron chi connectivity index (χ4n) is 2.75. The predicted molar refractivity (Wildman–Crippen MR) is 103 cm³/mol. The summed E-state index contributed by atoms with van der Waals surface area (Å²) in [6.45, 7) is 3.82. The number of amides is 1. The van der Waals surface area contributed by atoms with Crippen molar-refractivity contribution in [3.8, 4) is 23.0 Å². The molecule has 1 N–H and O–H groups in total. The van der Waals surface area contributed by atoms with E-state index in [1.165, 1.54) is 0 Å². The van der Waals surface area contributed by atoms with Crippen molar-refractivity contribution in [2.75, 3.05) is 19.5 Å². The summed E-state index contributed by atoms with van der Waals surface area (Å²) < 4.78 is 16.2. The SMILES string of the molecule is COc1ccc(OC)c(NC(=O)Cc2nc(-c3cccc(C)c3)oc2C)c1. The van der Waals surface area contributed by atoms with E-state index in [1.54, 1.807) is 39.3 Å². The van der Waals surface area contributed by atoms with Gasteiger partial charge in [0, 0.05) is 11.6 Å². The second-order valence-electron chi connectivity index (χ2n) is 6.18. The number of hydrogen-bond donors (Lipinski definition) is 1. The third-order valence-electron chi connectivity index (χ3n) is 4.17. The molecule has 0 saturated carbocycles. The van der Waals surface area contributed by atoms with Gasteiger partial charge in [-0.15, -0.1) is 0 Å². The van der Waals surface area contributed by atoms with Gasteiger partial charge in [-0.1, -0.05) is 17.7 Å². The first-order valence-corrected chi connectivity index (χ1v) is 8.55. The van der Waals surface area contributed by atoms with E-state index in [9.17, 15) is 4.79 Å². The maximum absolute atomic E-state index is 12.5. The fourth-order valence-corrected chi connectivity index (χ4v) is 2.75. The lowest BCUT2D eigenvalue weighted by Gasteiger charge is -2.11. The first-order valence-electron chi connectivity index (χ1n) is 8.55. The van der Waals surface area contributed by atoms with Crippen LogP contribution in [0.5, 0.6) is 11.5 Å². The zero-order chi connectivity index (χ0) is 19.4. The van der Waals surface area contributed by atoms with E-state index in [-0.39, 0.29) is 12.3 Å². The highest BCUT2D eigenvalue weighted by molar-refractivity contribution is 5.93. The molecule has 3 aromatic rings. The number of carbonyl (C=O) groups is 1. The topological polar surface area (TPSA) is 73.6 Å². The number of aromatic nitrogens is 1. The summed E-state index contributed by atoms with van der Waals surface area (Å²) in [6.07, 6.45) is 0.0987. The van der Waals surface area contributed by atoms with Crippen LogP contribution < -0.4 is 14.8 Å². The van der Waals surface area contributed by atoms with Gasteiger partial charge in [-0.2, -0.15) is 0 Å². The summed E-state index contributed by atoms with van der Waals surface area (Å²) in [5.74, 6) is 2.11. The first-order chi connectivity index (χ1) is 13.0. The largest absolute Gasteiger partial charge is 0.497 e. The Morgan fingerprint density at radius 1 is 1.11 bits per heavy atom. The number of aryl methyl sites for hydroxylation is 2. The standard InChI is InChI=1S/C21H22N2O4/c1-13-6-5-7-15(10-13)21-23-17(14(2)27-21)12-20(24)22-18-11-16(25-3)8-9-19(18)26-4/h5-11H,12H2,1-4H3,(H,22,24). The Balaban J connectivity index is 1.77. The summed E-state index contributed by atoms with van der Waals surface area (Å²) in [7, 11) is 3.12. The van der Waals surface area contributed by atoms with Crippen molar-refractivity contribution >= 4 is 11.6 Å². The Hall–Kier alpha value is -3.28. The molecule has 140 valence electrons. The van der Waals surface area contributed by atoms with Gasteiger partial charge in [0.05, 0.1) is 32.0 Å². The summed E-state index contributed by atoms with van der Waals surface area (Å²) >= 11 is 0. The predicted octanol–water partition coefficient (Wildman–Crippen LogP) is 4.16. The van der Waals surface area contributed by atoms with Crippen LogP contribution >= 0.6 is 0 Å². The normalized spacial score (nSPS) is 10.5. The van der Waals surface area contributed by atoms with Crippen molar-refractivity contribution in [3.05, 3.63) is 59.5 Å². The first kappa shape index (κ1) is 18.5. The molecule has 3 rings (SSSR count). The number of oxazole rings is 1. The Labute approximate surface area is 158 Å². The molecule has 0 aliphatic rings. The van der Waals surface area contributed by atoms with E-state index in [1.807, 2.05) is 31.2 Å². The molecule has 0 atom stereocenters. The molecule has 0 bridgehead atoms. The molecule has 1 heterocycles. The summed E-state index contributed by atoms with van der Waals surface area (Å²) in [6, 6.07) is 13.1. The maximum atomic E-state index is 12.5. The van der Waals surface area contributed by atoms with Crippen LogP contribution in [0.1, 0.15) is 17.0 Å². The second-order valence-corrected chi connectivity index (χ2v) is 6.18. The molecule has 0 saturated heterocycles. The minimum atomic E-state index is -0.214. The molecule has 1 aromatic heterocycles. The molecule has 2 aromatic carbocycles. The van der Waals surface area contributed by atoms with Crippen LogP contribution in [0.25, 0.3) is 11.5 Å². The van der Waals surface area contributed by atoms with Gasteiger partial charge in [0.25, 0.3) is 0 Å². The van der Waals surface area contributed by atoms with E-state index in [0.29, 0.717) is 34.5 Å². The van der Waals surface area contributed by atoms with Crippen molar-refractivity contribution < 1.29 is 18.7 Å². The van der Waals surface area contributed by atoms with Gasteiger partial charge in [0.2, 0.25) is 11.8 Å². The third kappa shape index (κ3) is 4.28. The van der Waals surface area contributed by atoms with Crippen LogP contribution in [0.2, 0.25) is 0 Å². The molecule has 6 nitrogen and oxygen atoms in total. The maximum Gasteiger partial charge on any atom is 0.230 e. The minimum Gasteiger partial charge on any atom is -0.497 e. The zero-order valence-electron chi connectivity index (χ0n) is 15.8. The number of methoxy groups -OCH3 is 2. The van der Waals surface area contributed by atoms with E-state index >= 15 is 0 Å². The van der Waals surface area contributed by atoms with Crippen LogP contribution in [0, 0.1) is 13.8 Å². The molecule has 1 amide bonds. The molecule has 0 unspecified atom stereocenters. The Kier molecular flexibility index (Phi) is 5.45. The lowest BCUT2D eigenvalue weighted by atomic mass is 10.1. The highest BCUT2D eigenvalue weighted by atomic mass is 16.5. The van der Waals surface area contributed by atoms with Crippen molar-refractivity contribution in [1.82, 2.24) is 4.98 Å². The van der Waals surface area contributed by atoms with Gasteiger partial charge in [-0.25, -0.2) is 4.98 Å². The number of nitrogens with one attached hydrogen (secondary N) is 1. The average molecular weight is 366 g/mol. The average Bonchev–Trinajstić information content (AvgIpc) is 3.02. The number of hydrogen-bond acceptors (Lipinski definition) is 5. The van der Waals surface area contributed by atoms with Crippen LogP contribution in [0.3, 0.4) is 0 Å². The van der Waals surface area contributed by atoms with Gasteiger partial charge in [0.1, 0.15) is 17.3 Å². The molecule has 6 heteroatoms. The highest BCUT2D eigenvalue weighted by Crippen LogP contribution is 2.29.